The molecular formula is C22H33N3O5. The normalized spacial score (nSPS) is 21.3. The summed E-state index contributed by atoms with van der Waals surface area (Å²) in [5, 5.41) is 5.67. The summed E-state index contributed by atoms with van der Waals surface area (Å²) in [4.78, 5) is 38.6. The minimum absolute atomic E-state index is 0.00942. The van der Waals surface area contributed by atoms with Crippen molar-refractivity contribution in [3.8, 4) is 0 Å². The number of alkyl carbamates (subject to hydrolysis) is 2. The lowest BCUT2D eigenvalue weighted by Crippen LogP contribution is -2.56. The molecule has 166 valence electrons. The molecule has 0 unspecified atom stereocenters. The van der Waals surface area contributed by atoms with Gasteiger partial charge in [0, 0.05) is 20.0 Å². The number of benzene rings is 1. The number of hydrogen-bond donors (Lipinski definition) is 2. The van der Waals surface area contributed by atoms with Gasteiger partial charge >= 0.3 is 12.2 Å². The molecule has 0 heterocycles. The van der Waals surface area contributed by atoms with Crippen LogP contribution in [0.25, 0.3) is 0 Å². The number of ether oxygens (including phenoxy) is 2. The summed E-state index contributed by atoms with van der Waals surface area (Å²) in [5.74, 6) is -0.216. The average molecular weight is 420 g/mol. The minimum atomic E-state index is -0.625. The summed E-state index contributed by atoms with van der Waals surface area (Å²) in [6.45, 7) is 5.51. The van der Waals surface area contributed by atoms with Crippen LogP contribution in [0.4, 0.5) is 9.59 Å². The summed E-state index contributed by atoms with van der Waals surface area (Å²) in [6, 6.07) is 8.57. The largest absolute Gasteiger partial charge is 0.445 e. The van der Waals surface area contributed by atoms with Crippen LogP contribution in [0.1, 0.15) is 45.6 Å². The molecule has 2 N–H and O–H groups in total. The zero-order valence-electron chi connectivity index (χ0n) is 18.4. The fourth-order valence-electron chi connectivity index (χ4n) is 3.47. The van der Waals surface area contributed by atoms with Crippen molar-refractivity contribution in [2.24, 2.45) is 5.92 Å². The lowest BCUT2D eigenvalue weighted by molar-refractivity contribution is -0.134. The van der Waals surface area contributed by atoms with E-state index in [9.17, 15) is 14.4 Å². The third-order valence-electron chi connectivity index (χ3n) is 4.86. The first kappa shape index (κ1) is 23.5. The Kier molecular flexibility index (Phi) is 8.08. The fourth-order valence-corrected chi connectivity index (χ4v) is 3.47. The van der Waals surface area contributed by atoms with E-state index in [0.717, 1.165) is 5.56 Å². The van der Waals surface area contributed by atoms with Crippen LogP contribution < -0.4 is 10.6 Å². The SMILES string of the molecule is CN(C)C(=O)[C@H]1CC[C@@H](NC(=O)OC(C)(C)C)[C@@H](NC(=O)OCc2ccccc2)C1. The van der Waals surface area contributed by atoms with Crippen LogP contribution in [-0.2, 0) is 20.9 Å². The van der Waals surface area contributed by atoms with E-state index in [-0.39, 0.29) is 24.5 Å². The lowest BCUT2D eigenvalue weighted by Gasteiger charge is -2.37. The van der Waals surface area contributed by atoms with E-state index in [1.54, 1.807) is 39.8 Å². The highest BCUT2D eigenvalue weighted by molar-refractivity contribution is 5.79. The zero-order valence-corrected chi connectivity index (χ0v) is 18.4. The smallest absolute Gasteiger partial charge is 0.407 e. The van der Waals surface area contributed by atoms with E-state index in [1.165, 1.54) is 0 Å². The predicted octanol–water partition coefficient (Wildman–Crippen LogP) is 3.06. The van der Waals surface area contributed by atoms with Gasteiger partial charge in [-0.1, -0.05) is 30.3 Å². The van der Waals surface area contributed by atoms with Gasteiger partial charge in [0.05, 0.1) is 12.1 Å². The molecule has 0 bridgehead atoms. The maximum atomic E-state index is 12.4. The molecule has 1 aliphatic carbocycles. The highest BCUT2D eigenvalue weighted by Crippen LogP contribution is 2.27. The van der Waals surface area contributed by atoms with Gasteiger partial charge in [-0.15, -0.1) is 0 Å². The third-order valence-corrected chi connectivity index (χ3v) is 4.86. The molecule has 3 atom stereocenters. The van der Waals surface area contributed by atoms with Gasteiger partial charge < -0.3 is 25.0 Å². The van der Waals surface area contributed by atoms with Crippen molar-refractivity contribution in [3.63, 3.8) is 0 Å². The first-order valence-corrected chi connectivity index (χ1v) is 10.2. The molecule has 3 amide bonds. The van der Waals surface area contributed by atoms with Crippen LogP contribution >= 0.6 is 0 Å². The van der Waals surface area contributed by atoms with Gasteiger partial charge in [-0.2, -0.15) is 0 Å². The second kappa shape index (κ2) is 10.3. The maximum absolute atomic E-state index is 12.4. The third kappa shape index (κ3) is 7.57. The van der Waals surface area contributed by atoms with Crippen molar-refractivity contribution < 1.29 is 23.9 Å². The molecule has 1 aliphatic rings. The monoisotopic (exact) mass is 419 g/mol. The van der Waals surface area contributed by atoms with Gasteiger partial charge in [0.2, 0.25) is 5.91 Å². The molecule has 30 heavy (non-hydrogen) atoms. The maximum Gasteiger partial charge on any atom is 0.407 e. The Bertz CT molecular complexity index is 730. The van der Waals surface area contributed by atoms with Crippen molar-refractivity contribution in [2.45, 2.75) is 64.3 Å². The number of carbonyl (C=O) groups excluding carboxylic acids is 3. The molecule has 0 radical (unpaired) electrons. The summed E-state index contributed by atoms with van der Waals surface area (Å²) in [7, 11) is 3.42. The number of nitrogens with zero attached hydrogens (tertiary/aromatic N) is 1. The standard InChI is InChI=1S/C22H33N3O5/c1-22(2,3)30-21(28)23-17-12-11-16(19(26)25(4)5)13-18(17)24-20(27)29-14-15-9-7-6-8-10-15/h6-10,16-18H,11-14H2,1-5H3,(H,23,28)(H,24,27)/t16-,17+,18-/m0/s1. The fraction of sp³-hybridized carbons (Fsp3) is 0.591. The summed E-state index contributed by atoms with van der Waals surface area (Å²) >= 11 is 0. The van der Waals surface area contributed by atoms with Gasteiger partial charge in [0.15, 0.2) is 0 Å². The molecule has 1 aromatic rings. The number of hydrogen-bond acceptors (Lipinski definition) is 5. The van der Waals surface area contributed by atoms with Gasteiger partial charge in [-0.25, -0.2) is 9.59 Å². The zero-order chi connectivity index (χ0) is 22.3. The molecule has 2 rings (SSSR count). The predicted molar refractivity (Wildman–Crippen MR) is 113 cm³/mol. The Morgan fingerprint density at radius 2 is 1.63 bits per heavy atom. The molecule has 8 heteroatoms. The van der Waals surface area contributed by atoms with E-state index in [1.807, 2.05) is 30.3 Å². The first-order valence-electron chi connectivity index (χ1n) is 10.2. The average Bonchev–Trinajstić information content (AvgIpc) is 2.66. The van der Waals surface area contributed by atoms with Gasteiger partial charge in [0.25, 0.3) is 0 Å². The number of amides is 3. The van der Waals surface area contributed by atoms with Gasteiger partial charge in [0.1, 0.15) is 12.2 Å². The molecule has 1 saturated carbocycles. The summed E-state index contributed by atoms with van der Waals surface area (Å²) in [6.07, 6.45) is 0.451. The van der Waals surface area contributed by atoms with E-state index >= 15 is 0 Å². The van der Waals surface area contributed by atoms with Crippen LogP contribution in [0.5, 0.6) is 0 Å². The Morgan fingerprint density at radius 1 is 1.00 bits per heavy atom. The Labute approximate surface area is 178 Å². The van der Waals surface area contributed by atoms with Crippen molar-refractivity contribution >= 4 is 18.1 Å². The Balaban J connectivity index is 2.01. The molecular weight excluding hydrogens is 386 g/mol. The Hall–Kier alpha value is -2.77. The van der Waals surface area contributed by atoms with E-state index in [0.29, 0.717) is 19.3 Å². The quantitative estimate of drug-likeness (QED) is 0.765. The molecule has 8 nitrogen and oxygen atoms in total. The molecule has 1 aromatic carbocycles. The molecule has 0 aliphatic heterocycles. The van der Waals surface area contributed by atoms with Crippen molar-refractivity contribution in [1.29, 1.82) is 0 Å². The molecule has 0 spiro atoms. The van der Waals surface area contributed by atoms with Crippen molar-refractivity contribution in [1.82, 2.24) is 15.5 Å². The van der Waals surface area contributed by atoms with Gasteiger partial charge in [-0.05, 0) is 45.6 Å². The summed E-state index contributed by atoms with van der Waals surface area (Å²) < 4.78 is 10.7. The van der Waals surface area contributed by atoms with Crippen LogP contribution in [0.2, 0.25) is 0 Å². The second-order valence-electron chi connectivity index (χ2n) is 8.81. The molecule has 0 aromatic heterocycles. The Morgan fingerprint density at radius 3 is 2.23 bits per heavy atom. The van der Waals surface area contributed by atoms with E-state index in [4.69, 9.17) is 9.47 Å². The van der Waals surface area contributed by atoms with E-state index in [2.05, 4.69) is 10.6 Å². The van der Waals surface area contributed by atoms with Crippen LogP contribution in [0.15, 0.2) is 30.3 Å². The van der Waals surface area contributed by atoms with Crippen LogP contribution in [-0.4, -0.2) is 54.8 Å². The summed E-state index contributed by atoms with van der Waals surface area (Å²) in [5.41, 5.74) is 0.250. The highest BCUT2D eigenvalue weighted by Gasteiger charge is 2.37. The number of carbonyl (C=O) groups is 3. The molecule has 0 saturated heterocycles. The van der Waals surface area contributed by atoms with Crippen molar-refractivity contribution in [3.05, 3.63) is 35.9 Å². The topological polar surface area (TPSA) is 97.0 Å². The second-order valence-corrected chi connectivity index (χ2v) is 8.81. The van der Waals surface area contributed by atoms with Crippen molar-refractivity contribution in [2.75, 3.05) is 14.1 Å². The van der Waals surface area contributed by atoms with E-state index < -0.39 is 23.8 Å². The number of rotatable bonds is 5. The van der Waals surface area contributed by atoms with Crippen LogP contribution in [0, 0.1) is 5.92 Å². The first-order chi connectivity index (χ1) is 14.0. The lowest BCUT2D eigenvalue weighted by atomic mass is 9.81. The number of nitrogens with one attached hydrogen (secondary N) is 2. The minimum Gasteiger partial charge on any atom is -0.445 e. The molecule has 1 fully saturated rings. The highest BCUT2D eigenvalue weighted by atomic mass is 16.6. The van der Waals surface area contributed by atoms with Crippen LogP contribution in [0.3, 0.4) is 0 Å². The van der Waals surface area contributed by atoms with Gasteiger partial charge in [-0.3, -0.25) is 4.79 Å².